The van der Waals surface area contributed by atoms with Crippen LogP contribution in [0.3, 0.4) is 0 Å². The molecule has 2 aromatic heterocycles. The SMILES string of the molecule is COCCc1nnc(NC(=O)c2cc(C)on2)o1. The molecule has 0 aliphatic carbocycles. The maximum absolute atomic E-state index is 11.7. The molecule has 8 heteroatoms. The van der Waals surface area contributed by atoms with Gasteiger partial charge in [-0.3, -0.25) is 10.1 Å². The lowest BCUT2D eigenvalue weighted by Gasteiger charge is -1.95. The first-order valence-electron chi connectivity index (χ1n) is 5.25. The average molecular weight is 252 g/mol. The van der Waals surface area contributed by atoms with E-state index in [4.69, 9.17) is 13.7 Å². The third kappa shape index (κ3) is 2.92. The summed E-state index contributed by atoms with van der Waals surface area (Å²) in [4.78, 5) is 11.7. The molecule has 0 atom stereocenters. The Bertz CT molecular complexity index is 533. The number of hydrogen-bond acceptors (Lipinski definition) is 7. The Morgan fingerprint density at radius 2 is 2.33 bits per heavy atom. The van der Waals surface area contributed by atoms with Crippen LogP contribution in [0.25, 0.3) is 0 Å². The van der Waals surface area contributed by atoms with Gasteiger partial charge in [-0.2, -0.15) is 0 Å². The van der Waals surface area contributed by atoms with Gasteiger partial charge in [0, 0.05) is 19.6 Å². The minimum absolute atomic E-state index is 0.0201. The van der Waals surface area contributed by atoms with Crippen molar-refractivity contribution < 1.29 is 18.5 Å². The maximum atomic E-state index is 11.7. The van der Waals surface area contributed by atoms with Crippen LogP contribution in [0.2, 0.25) is 0 Å². The molecule has 1 N–H and O–H groups in total. The molecular weight excluding hydrogens is 240 g/mol. The van der Waals surface area contributed by atoms with E-state index >= 15 is 0 Å². The van der Waals surface area contributed by atoms with Crippen molar-refractivity contribution in [2.45, 2.75) is 13.3 Å². The van der Waals surface area contributed by atoms with E-state index in [0.717, 1.165) is 0 Å². The van der Waals surface area contributed by atoms with E-state index in [9.17, 15) is 4.79 Å². The van der Waals surface area contributed by atoms with Gasteiger partial charge in [-0.15, -0.1) is 5.10 Å². The summed E-state index contributed by atoms with van der Waals surface area (Å²) in [5.74, 6) is 0.476. The van der Waals surface area contributed by atoms with Gasteiger partial charge in [0.25, 0.3) is 5.91 Å². The highest BCUT2D eigenvalue weighted by atomic mass is 16.5. The van der Waals surface area contributed by atoms with Crippen LogP contribution >= 0.6 is 0 Å². The van der Waals surface area contributed by atoms with Gasteiger partial charge >= 0.3 is 6.01 Å². The molecule has 0 unspecified atom stereocenters. The molecule has 0 saturated carbocycles. The quantitative estimate of drug-likeness (QED) is 0.839. The summed E-state index contributed by atoms with van der Waals surface area (Å²) in [7, 11) is 1.58. The number of aromatic nitrogens is 3. The topological polar surface area (TPSA) is 103 Å². The lowest BCUT2D eigenvalue weighted by Crippen LogP contribution is -2.12. The van der Waals surface area contributed by atoms with Crippen molar-refractivity contribution in [1.29, 1.82) is 0 Å². The number of methoxy groups -OCH3 is 1. The summed E-state index contributed by atoms with van der Waals surface area (Å²) in [5, 5.41) is 13.4. The molecule has 0 radical (unpaired) electrons. The number of ether oxygens (including phenoxy) is 1. The Morgan fingerprint density at radius 3 is 3.00 bits per heavy atom. The van der Waals surface area contributed by atoms with Crippen molar-refractivity contribution in [3.05, 3.63) is 23.4 Å². The van der Waals surface area contributed by atoms with E-state index in [-0.39, 0.29) is 11.7 Å². The van der Waals surface area contributed by atoms with Crippen molar-refractivity contribution in [3.63, 3.8) is 0 Å². The van der Waals surface area contributed by atoms with Crippen molar-refractivity contribution >= 4 is 11.9 Å². The van der Waals surface area contributed by atoms with Crippen LogP contribution in [-0.4, -0.2) is 35.0 Å². The van der Waals surface area contributed by atoms with Crippen LogP contribution < -0.4 is 5.32 Å². The largest absolute Gasteiger partial charge is 0.408 e. The van der Waals surface area contributed by atoms with E-state index in [1.165, 1.54) is 6.07 Å². The third-order valence-electron chi connectivity index (χ3n) is 2.07. The number of nitrogens with one attached hydrogen (secondary N) is 1. The Morgan fingerprint density at radius 1 is 1.50 bits per heavy atom. The van der Waals surface area contributed by atoms with Crippen molar-refractivity contribution in [1.82, 2.24) is 15.4 Å². The monoisotopic (exact) mass is 252 g/mol. The molecule has 18 heavy (non-hydrogen) atoms. The number of carbonyl (C=O) groups is 1. The summed E-state index contributed by atoms with van der Waals surface area (Å²) < 4.78 is 14.9. The summed E-state index contributed by atoms with van der Waals surface area (Å²) in [6, 6.07) is 1.53. The number of aryl methyl sites for hydroxylation is 1. The molecule has 0 aliphatic heterocycles. The summed E-state index contributed by atoms with van der Waals surface area (Å²) in [6.07, 6.45) is 0.489. The van der Waals surface area contributed by atoms with Gasteiger partial charge in [0.05, 0.1) is 6.61 Å². The number of nitrogens with zero attached hydrogens (tertiary/aromatic N) is 3. The van der Waals surface area contributed by atoms with E-state index in [0.29, 0.717) is 24.7 Å². The smallest absolute Gasteiger partial charge is 0.322 e. The van der Waals surface area contributed by atoms with Gasteiger partial charge in [0.2, 0.25) is 5.89 Å². The Hall–Kier alpha value is -2.22. The number of carbonyl (C=O) groups excluding carboxylic acids is 1. The Balaban J connectivity index is 1.97. The predicted molar refractivity (Wildman–Crippen MR) is 59.1 cm³/mol. The lowest BCUT2D eigenvalue weighted by molar-refractivity contribution is 0.101. The number of hydrogen-bond donors (Lipinski definition) is 1. The zero-order chi connectivity index (χ0) is 13.0. The number of anilines is 1. The first-order chi connectivity index (χ1) is 8.69. The van der Waals surface area contributed by atoms with Gasteiger partial charge in [0.1, 0.15) is 5.76 Å². The van der Waals surface area contributed by atoms with Crippen molar-refractivity contribution in [2.75, 3.05) is 19.0 Å². The van der Waals surface area contributed by atoms with Gasteiger partial charge in [-0.25, -0.2) is 0 Å². The second-order valence-corrected chi connectivity index (χ2v) is 3.52. The minimum Gasteiger partial charge on any atom is -0.408 e. The molecular formula is C10H12N4O4. The average Bonchev–Trinajstić information content (AvgIpc) is 2.96. The fourth-order valence-electron chi connectivity index (χ4n) is 1.23. The molecule has 0 saturated heterocycles. The van der Waals surface area contributed by atoms with Gasteiger partial charge in [-0.05, 0) is 6.92 Å². The molecule has 1 amide bonds. The molecule has 96 valence electrons. The molecule has 0 spiro atoms. The zero-order valence-electron chi connectivity index (χ0n) is 9.97. The fraction of sp³-hybridized carbons (Fsp3) is 0.400. The van der Waals surface area contributed by atoms with Crippen molar-refractivity contribution in [2.24, 2.45) is 0 Å². The molecule has 0 aromatic carbocycles. The molecule has 2 aromatic rings. The Kier molecular flexibility index (Phi) is 3.68. The van der Waals surface area contributed by atoms with Crippen LogP contribution in [0, 0.1) is 6.92 Å². The van der Waals surface area contributed by atoms with E-state index in [2.05, 4.69) is 20.7 Å². The first kappa shape index (κ1) is 12.2. The van der Waals surface area contributed by atoms with Gasteiger partial charge < -0.3 is 13.7 Å². The molecule has 0 bridgehead atoms. The summed E-state index contributed by atoms with van der Waals surface area (Å²) in [6.45, 7) is 2.16. The second-order valence-electron chi connectivity index (χ2n) is 3.52. The first-order valence-corrected chi connectivity index (χ1v) is 5.25. The zero-order valence-corrected chi connectivity index (χ0v) is 9.97. The molecule has 8 nitrogen and oxygen atoms in total. The van der Waals surface area contributed by atoms with Crippen molar-refractivity contribution in [3.8, 4) is 0 Å². The van der Waals surface area contributed by atoms with Crippen LogP contribution in [0.1, 0.15) is 22.1 Å². The number of rotatable bonds is 5. The third-order valence-corrected chi connectivity index (χ3v) is 2.07. The molecule has 2 heterocycles. The molecule has 0 aliphatic rings. The summed E-state index contributed by atoms with van der Waals surface area (Å²) in [5.41, 5.74) is 0.157. The molecule has 0 fully saturated rings. The highest BCUT2D eigenvalue weighted by Crippen LogP contribution is 2.09. The van der Waals surface area contributed by atoms with E-state index < -0.39 is 5.91 Å². The standard InChI is InChI=1S/C10H12N4O4/c1-6-5-7(14-18-6)9(15)11-10-13-12-8(17-10)3-4-16-2/h5H,3-4H2,1-2H3,(H,11,13,15). The van der Waals surface area contributed by atoms with E-state index in [1.807, 2.05) is 0 Å². The number of amides is 1. The van der Waals surface area contributed by atoms with Crippen LogP contribution in [0.5, 0.6) is 0 Å². The van der Waals surface area contributed by atoms with Gasteiger partial charge in [-0.1, -0.05) is 10.3 Å². The second kappa shape index (κ2) is 5.41. The van der Waals surface area contributed by atoms with Crippen LogP contribution in [0.4, 0.5) is 6.01 Å². The lowest BCUT2D eigenvalue weighted by atomic mass is 10.3. The van der Waals surface area contributed by atoms with Crippen LogP contribution in [-0.2, 0) is 11.2 Å². The highest BCUT2D eigenvalue weighted by molar-refractivity contribution is 6.01. The maximum Gasteiger partial charge on any atom is 0.322 e. The summed E-state index contributed by atoms with van der Waals surface area (Å²) >= 11 is 0. The normalized spacial score (nSPS) is 10.6. The molecule has 2 rings (SSSR count). The minimum atomic E-state index is -0.464. The predicted octanol–water partition coefficient (Wildman–Crippen LogP) is 0.807. The van der Waals surface area contributed by atoms with Gasteiger partial charge in [0.15, 0.2) is 5.69 Å². The van der Waals surface area contributed by atoms with E-state index in [1.54, 1.807) is 14.0 Å². The Labute approximate surface area is 102 Å². The highest BCUT2D eigenvalue weighted by Gasteiger charge is 2.14. The van der Waals surface area contributed by atoms with Crippen LogP contribution in [0.15, 0.2) is 15.0 Å². The fourth-order valence-corrected chi connectivity index (χ4v) is 1.23.